The number of nitrogens with zero attached hydrogens (tertiary/aromatic N) is 3. The summed E-state index contributed by atoms with van der Waals surface area (Å²) in [5.74, 6) is 1.45. The van der Waals surface area contributed by atoms with Crippen molar-refractivity contribution in [2.75, 3.05) is 13.7 Å². The molecule has 1 N–H and O–H groups in total. The molecular formula is C16H22N4O3. The average Bonchev–Trinajstić information content (AvgIpc) is 3.06. The predicted molar refractivity (Wildman–Crippen MR) is 85.3 cm³/mol. The van der Waals surface area contributed by atoms with Crippen molar-refractivity contribution in [3.8, 4) is 11.5 Å². The monoisotopic (exact) mass is 318 g/mol. The number of aromatic nitrogens is 3. The number of amides is 1. The van der Waals surface area contributed by atoms with Crippen LogP contribution in [0.1, 0.15) is 13.8 Å². The van der Waals surface area contributed by atoms with Crippen LogP contribution in [0, 0.1) is 5.92 Å². The summed E-state index contributed by atoms with van der Waals surface area (Å²) in [7, 11) is 1.60. The summed E-state index contributed by atoms with van der Waals surface area (Å²) >= 11 is 0. The van der Waals surface area contributed by atoms with Gasteiger partial charge in [0.25, 0.3) is 5.91 Å². The number of ether oxygens (including phenoxy) is 2. The second kappa shape index (κ2) is 8.17. The van der Waals surface area contributed by atoms with Gasteiger partial charge >= 0.3 is 0 Å². The maximum Gasteiger partial charge on any atom is 0.258 e. The molecular weight excluding hydrogens is 296 g/mol. The van der Waals surface area contributed by atoms with E-state index < -0.39 is 0 Å². The number of carbonyl (C=O) groups excluding carboxylic acids is 1. The molecule has 0 saturated carbocycles. The van der Waals surface area contributed by atoms with Crippen LogP contribution >= 0.6 is 0 Å². The standard InChI is InChI=1S/C16H22N4O3/c1-12(2)15(10-20-17-8-9-18-20)19-16(21)11-23-14-6-4-13(22-3)5-7-14/h4-9,12,15H,10-11H2,1-3H3,(H,19,21). The maximum absolute atomic E-state index is 12.1. The zero-order valence-corrected chi connectivity index (χ0v) is 13.6. The summed E-state index contributed by atoms with van der Waals surface area (Å²) in [5, 5.41) is 11.1. The number of rotatable bonds is 8. The van der Waals surface area contributed by atoms with E-state index in [2.05, 4.69) is 15.5 Å². The van der Waals surface area contributed by atoms with E-state index in [1.807, 2.05) is 13.8 Å². The van der Waals surface area contributed by atoms with Gasteiger partial charge in [-0.2, -0.15) is 15.0 Å². The summed E-state index contributed by atoms with van der Waals surface area (Å²) < 4.78 is 10.6. The largest absolute Gasteiger partial charge is 0.497 e. The van der Waals surface area contributed by atoms with Crippen LogP contribution in [0.3, 0.4) is 0 Å². The van der Waals surface area contributed by atoms with Crippen LogP contribution in [-0.2, 0) is 11.3 Å². The van der Waals surface area contributed by atoms with Crippen LogP contribution in [-0.4, -0.2) is 40.7 Å². The fraction of sp³-hybridized carbons (Fsp3) is 0.438. The molecule has 0 saturated heterocycles. The number of hydrogen-bond donors (Lipinski definition) is 1. The highest BCUT2D eigenvalue weighted by Gasteiger charge is 2.17. The Hall–Kier alpha value is -2.57. The van der Waals surface area contributed by atoms with Crippen molar-refractivity contribution in [3.05, 3.63) is 36.7 Å². The van der Waals surface area contributed by atoms with E-state index >= 15 is 0 Å². The van der Waals surface area contributed by atoms with Crippen LogP contribution in [0.25, 0.3) is 0 Å². The number of hydrogen-bond acceptors (Lipinski definition) is 5. The molecule has 0 spiro atoms. The Bertz CT molecular complexity index is 596. The van der Waals surface area contributed by atoms with Crippen molar-refractivity contribution in [1.29, 1.82) is 0 Å². The van der Waals surface area contributed by atoms with Crippen LogP contribution in [0.15, 0.2) is 36.7 Å². The summed E-state index contributed by atoms with van der Waals surface area (Å²) in [6.45, 7) is 4.57. The molecule has 1 atom stereocenters. The van der Waals surface area contributed by atoms with Gasteiger partial charge in [0.05, 0.1) is 32.1 Å². The molecule has 124 valence electrons. The van der Waals surface area contributed by atoms with Gasteiger partial charge in [-0.3, -0.25) is 4.79 Å². The number of nitrogens with one attached hydrogen (secondary N) is 1. The van der Waals surface area contributed by atoms with Gasteiger partial charge in [0.2, 0.25) is 0 Å². The first-order valence-corrected chi connectivity index (χ1v) is 7.49. The Morgan fingerprint density at radius 3 is 2.35 bits per heavy atom. The fourth-order valence-corrected chi connectivity index (χ4v) is 2.01. The summed E-state index contributed by atoms with van der Waals surface area (Å²) in [6.07, 6.45) is 3.23. The molecule has 7 nitrogen and oxygen atoms in total. The first kappa shape index (κ1) is 16.8. The molecule has 0 fully saturated rings. The third kappa shape index (κ3) is 5.28. The Labute approximate surface area is 135 Å². The van der Waals surface area contributed by atoms with Gasteiger partial charge in [0.1, 0.15) is 11.5 Å². The maximum atomic E-state index is 12.1. The first-order valence-electron chi connectivity index (χ1n) is 7.49. The van der Waals surface area contributed by atoms with Crippen molar-refractivity contribution in [2.24, 2.45) is 5.92 Å². The number of methoxy groups -OCH3 is 1. The third-order valence-electron chi connectivity index (χ3n) is 3.41. The lowest BCUT2D eigenvalue weighted by molar-refractivity contribution is -0.124. The minimum atomic E-state index is -0.174. The molecule has 1 aromatic carbocycles. The van der Waals surface area contributed by atoms with E-state index in [0.29, 0.717) is 12.3 Å². The van der Waals surface area contributed by atoms with Crippen LogP contribution in [0.2, 0.25) is 0 Å². The molecule has 23 heavy (non-hydrogen) atoms. The molecule has 0 bridgehead atoms. The molecule has 0 aliphatic rings. The van der Waals surface area contributed by atoms with Crippen molar-refractivity contribution in [2.45, 2.75) is 26.4 Å². The van der Waals surface area contributed by atoms with Gasteiger partial charge in [0.15, 0.2) is 6.61 Å². The molecule has 2 rings (SSSR count). The van der Waals surface area contributed by atoms with E-state index in [9.17, 15) is 4.79 Å². The molecule has 1 aromatic heterocycles. The number of benzene rings is 1. The van der Waals surface area contributed by atoms with Crippen LogP contribution in [0.4, 0.5) is 0 Å². The topological polar surface area (TPSA) is 78.3 Å². The molecule has 2 aromatic rings. The summed E-state index contributed by atoms with van der Waals surface area (Å²) in [5.41, 5.74) is 0. The third-order valence-corrected chi connectivity index (χ3v) is 3.41. The normalized spacial score (nSPS) is 12.0. The van der Waals surface area contributed by atoms with Gasteiger partial charge < -0.3 is 14.8 Å². The van der Waals surface area contributed by atoms with Gasteiger partial charge in [-0.25, -0.2) is 0 Å². The average molecular weight is 318 g/mol. The van der Waals surface area contributed by atoms with Gasteiger partial charge in [-0.1, -0.05) is 13.8 Å². The molecule has 0 radical (unpaired) electrons. The fourth-order valence-electron chi connectivity index (χ4n) is 2.01. The second-order valence-corrected chi connectivity index (χ2v) is 5.47. The first-order chi connectivity index (χ1) is 11.1. The minimum absolute atomic E-state index is 0.0396. The van der Waals surface area contributed by atoms with Crippen molar-refractivity contribution >= 4 is 5.91 Å². The Balaban J connectivity index is 1.83. The van der Waals surface area contributed by atoms with Crippen molar-refractivity contribution < 1.29 is 14.3 Å². The predicted octanol–water partition coefficient (Wildman–Crippen LogP) is 1.51. The molecule has 0 aliphatic heterocycles. The zero-order valence-electron chi connectivity index (χ0n) is 13.6. The van der Waals surface area contributed by atoms with E-state index in [1.54, 1.807) is 48.6 Å². The minimum Gasteiger partial charge on any atom is -0.497 e. The Morgan fingerprint density at radius 2 is 1.78 bits per heavy atom. The van der Waals surface area contributed by atoms with E-state index in [0.717, 1.165) is 5.75 Å². The molecule has 7 heteroatoms. The SMILES string of the molecule is COc1ccc(OCC(=O)NC(Cn2nccn2)C(C)C)cc1. The highest BCUT2D eigenvalue weighted by Crippen LogP contribution is 2.16. The van der Waals surface area contributed by atoms with Crippen molar-refractivity contribution in [3.63, 3.8) is 0 Å². The Kier molecular flexibility index (Phi) is 5.96. The van der Waals surface area contributed by atoms with E-state index in [-0.39, 0.29) is 24.5 Å². The summed E-state index contributed by atoms with van der Waals surface area (Å²) in [4.78, 5) is 13.6. The van der Waals surface area contributed by atoms with E-state index in [4.69, 9.17) is 9.47 Å². The molecule has 0 aliphatic carbocycles. The molecule has 1 heterocycles. The highest BCUT2D eigenvalue weighted by atomic mass is 16.5. The summed E-state index contributed by atoms with van der Waals surface area (Å²) in [6, 6.07) is 7.04. The van der Waals surface area contributed by atoms with Crippen LogP contribution in [0.5, 0.6) is 11.5 Å². The molecule has 1 unspecified atom stereocenters. The smallest absolute Gasteiger partial charge is 0.258 e. The highest BCUT2D eigenvalue weighted by molar-refractivity contribution is 5.77. The quantitative estimate of drug-likeness (QED) is 0.798. The molecule has 1 amide bonds. The van der Waals surface area contributed by atoms with Gasteiger partial charge in [0, 0.05) is 0 Å². The lowest BCUT2D eigenvalue weighted by Gasteiger charge is -2.21. The lowest BCUT2D eigenvalue weighted by Crippen LogP contribution is -2.44. The number of carbonyl (C=O) groups is 1. The van der Waals surface area contributed by atoms with Crippen LogP contribution < -0.4 is 14.8 Å². The Morgan fingerprint density at radius 1 is 1.17 bits per heavy atom. The van der Waals surface area contributed by atoms with Crippen molar-refractivity contribution in [1.82, 2.24) is 20.3 Å². The lowest BCUT2D eigenvalue weighted by atomic mass is 10.0. The van der Waals surface area contributed by atoms with Gasteiger partial charge in [-0.05, 0) is 30.2 Å². The van der Waals surface area contributed by atoms with E-state index in [1.165, 1.54) is 0 Å². The second-order valence-electron chi connectivity index (χ2n) is 5.47. The van der Waals surface area contributed by atoms with Gasteiger partial charge in [-0.15, -0.1) is 0 Å². The zero-order chi connectivity index (χ0) is 16.7.